The molecule has 0 radical (unpaired) electrons. The molecule has 0 aliphatic heterocycles. The summed E-state index contributed by atoms with van der Waals surface area (Å²) in [6.07, 6.45) is 0. The second kappa shape index (κ2) is 5.54. The van der Waals surface area contributed by atoms with Crippen molar-refractivity contribution in [3.63, 3.8) is 0 Å². The number of nitrogens with one attached hydrogen (secondary N) is 2. The van der Waals surface area contributed by atoms with Crippen LogP contribution >= 0.6 is 0 Å². The molecule has 0 heterocycles. The number of anilines is 1. The molecule has 98 valence electrons. The second-order valence-corrected chi connectivity index (χ2v) is 3.21. The van der Waals surface area contributed by atoms with Crippen LogP contribution in [0, 0.1) is 28.4 Å². The monoisotopic (exact) mass is 267 g/mol. The van der Waals surface area contributed by atoms with Gasteiger partial charge in [-0.2, -0.15) is 10.4 Å². The average molecular weight is 267 g/mol. The van der Waals surface area contributed by atoms with Crippen molar-refractivity contribution < 1.29 is 18.7 Å². The predicted octanol–water partition coefficient (Wildman–Crippen LogP) is 0.890. The first-order chi connectivity index (χ1) is 8.86. The molecule has 0 unspecified atom stereocenters. The summed E-state index contributed by atoms with van der Waals surface area (Å²) in [4.78, 5) is 10.8. The molecule has 0 fully saturated rings. The van der Waals surface area contributed by atoms with E-state index in [4.69, 9.17) is 21.5 Å². The van der Waals surface area contributed by atoms with Crippen molar-refractivity contribution in [2.75, 3.05) is 5.43 Å². The number of aromatic carboxylic acids is 1. The smallest absolute Gasteiger partial charge is 0.337 e. The topological polar surface area (TPSA) is 135 Å². The van der Waals surface area contributed by atoms with Gasteiger partial charge < -0.3 is 10.8 Å². The van der Waals surface area contributed by atoms with Gasteiger partial charge in [-0.15, -0.1) is 0 Å². The lowest BCUT2D eigenvalue weighted by Gasteiger charge is -2.06. The van der Waals surface area contributed by atoms with Crippen molar-refractivity contribution in [1.29, 1.82) is 10.7 Å². The van der Waals surface area contributed by atoms with Crippen molar-refractivity contribution in [2.45, 2.75) is 0 Å². The fourth-order valence-corrected chi connectivity index (χ4v) is 1.08. The SMILES string of the molecule is N#C/C(=N\Nc1cc(F)c(F)cc1C(=O)O)C(=N)N. The van der Waals surface area contributed by atoms with Gasteiger partial charge >= 0.3 is 5.97 Å². The zero-order valence-corrected chi connectivity index (χ0v) is 9.24. The number of nitriles is 1. The van der Waals surface area contributed by atoms with Crippen LogP contribution in [0.4, 0.5) is 14.5 Å². The lowest BCUT2D eigenvalue weighted by Crippen LogP contribution is -2.22. The van der Waals surface area contributed by atoms with Crippen molar-refractivity contribution in [1.82, 2.24) is 0 Å². The van der Waals surface area contributed by atoms with Gasteiger partial charge in [0, 0.05) is 6.07 Å². The number of amidine groups is 1. The molecule has 0 spiro atoms. The van der Waals surface area contributed by atoms with Gasteiger partial charge in [0.2, 0.25) is 5.71 Å². The van der Waals surface area contributed by atoms with Crippen LogP contribution < -0.4 is 11.2 Å². The summed E-state index contributed by atoms with van der Waals surface area (Å²) in [5, 5.41) is 27.7. The maximum absolute atomic E-state index is 13.0. The molecule has 0 saturated heterocycles. The average Bonchev–Trinajstić information content (AvgIpc) is 2.33. The summed E-state index contributed by atoms with van der Waals surface area (Å²) in [6, 6.07) is 2.50. The number of carboxylic acids is 1. The van der Waals surface area contributed by atoms with E-state index in [0.29, 0.717) is 12.1 Å². The summed E-state index contributed by atoms with van der Waals surface area (Å²) in [6.45, 7) is 0. The first-order valence-electron chi connectivity index (χ1n) is 4.67. The highest BCUT2D eigenvalue weighted by Gasteiger charge is 2.15. The summed E-state index contributed by atoms with van der Waals surface area (Å²) >= 11 is 0. The molecule has 1 rings (SSSR count). The van der Waals surface area contributed by atoms with Gasteiger partial charge in [0.15, 0.2) is 17.5 Å². The number of carboxylic acid groups (broad SMARTS) is 1. The summed E-state index contributed by atoms with van der Waals surface area (Å²) in [5.41, 5.74) is 5.57. The van der Waals surface area contributed by atoms with Crippen LogP contribution in [-0.4, -0.2) is 22.6 Å². The Hall–Kier alpha value is -3.02. The molecule has 7 nitrogen and oxygen atoms in total. The fourth-order valence-electron chi connectivity index (χ4n) is 1.08. The Labute approximate surface area is 105 Å². The van der Waals surface area contributed by atoms with Crippen molar-refractivity contribution in [2.24, 2.45) is 10.8 Å². The Kier molecular flexibility index (Phi) is 4.10. The van der Waals surface area contributed by atoms with Gasteiger partial charge in [-0.25, -0.2) is 13.6 Å². The predicted molar refractivity (Wildman–Crippen MR) is 61.9 cm³/mol. The molecule has 0 atom stereocenters. The number of rotatable bonds is 4. The number of halogens is 2. The highest BCUT2D eigenvalue weighted by molar-refractivity contribution is 6.45. The van der Waals surface area contributed by atoms with E-state index in [2.05, 4.69) is 10.5 Å². The molecule has 0 amide bonds. The van der Waals surface area contributed by atoms with Crippen LogP contribution in [0.5, 0.6) is 0 Å². The van der Waals surface area contributed by atoms with E-state index in [0.717, 1.165) is 0 Å². The zero-order valence-electron chi connectivity index (χ0n) is 9.24. The number of hydrazone groups is 1. The molecular formula is C10H7F2N5O2. The normalized spacial score (nSPS) is 10.7. The molecule has 5 N–H and O–H groups in total. The lowest BCUT2D eigenvalue weighted by molar-refractivity contribution is 0.0697. The molecule has 9 heteroatoms. The summed E-state index contributed by atoms with van der Waals surface area (Å²) in [5.74, 6) is -4.80. The largest absolute Gasteiger partial charge is 0.478 e. The summed E-state index contributed by atoms with van der Waals surface area (Å²) < 4.78 is 25.9. The van der Waals surface area contributed by atoms with Crippen LogP contribution in [0.15, 0.2) is 17.2 Å². The molecular weight excluding hydrogens is 260 g/mol. The van der Waals surface area contributed by atoms with Gasteiger partial charge in [-0.1, -0.05) is 0 Å². The Morgan fingerprint density at radius 1 is 1.47 bits per heavy atom. The zero-order chi connectivity index (χ0) is 14.6. The molecule has 1 aromatic carbocycles. The van der Waals surface area contributed by atoms with E-state index in [1.807, 2.05) is 0 Å². The number of carbonyl (C=O) groups is 1. The minimum atomic E-state index is -1.52. The van der Waals surface area contributed by atoms with E-state index >= 15 is 0 Å². The van der Waals surface area contributed by atoms with Crippen LogP contribution in [-0.2, 0) is 0 Å². The fraction of sp³-hybridized carbons (Fsp3) is 0. The third-order valence-electron chi connectivity index (χ3n) is 1.94. The number of hydrogen-bond acceptors (Lipinski definition) is 5. The Morgan fingerprint density at radius 3 is 2.53 bits per heavy atom. The highest BCUT2D eigenvalue weighted by atomic mass is 19.2. The van der Waals surface area contributed by atoms with E-state index in [1.165, 1.54) is 6.07 Å². The van der Waals surface area contributed by atoms with E-state index in [1.54, 1.807) is 0 Å². The van der Waals surface area contributed by atoms with Crippen molar-refractivity contribution in [3.8, 4) is 6.07 Å². The van der Waals surface area contributed by atoms with E-state index in [-0.39, 0.29) is 5.69 Å². The minimum absolute atomic E-state index is 0.375. The van der Waals surface area contributed by atoms with Gasteiger partial charge in [0.1, 0.15) is 6.07 Å². The molecule has 0 saturated carbocycles. The van der Waals surface area contributed by atoms with E-state index in [9.17, 15) is 13.6 Å². The van der Waals surface area contributed by atoms with Crippen LogP contribution in [0.3, 0.4) is 0 Å². The van der Waals surface area contributed by atoms with Crippen molar-refractivity contribution in [3.05, 3.63) is 29.3 Å². The van der Waals surface area contributed by atoms with Gasteiger partial charge in [-0.3, -0.25) is 10.8 Å². The second-order valence-electron chi connectivity index (χ2n) is 3.21. The number of nitrogens with zero attached hydrogens (tertiary/aromatic N) is 2. The maximum atomic E-state index is 13.0. The third kappa shape index (κ3) is 3.22. The molecule has 1 aromatic rings. The van der Waals surface area contributed by atoms with Crippen molar-refractivity contribution >= 4 is 23.2 Å². The van der Waals surface area contributed by atoms with Crippen LogP contribution in [0.25, 0.3) is 0 Å². The van der Waals surface area contributed by atoms with Crippen LogP contribution in [0.1, 0.15) is 10.4 Å². The molecule has 0 aromatic heterocycles. The van der Waals surface area contributed by atoms with E-state index < -0.39 is 34.7 Å². The number of nitrogens with two attached hydrogens (primary N) is 1. The number of benzene rings is 1. The number of hydrogen-bond donors (Lipinski definition) is 4. The standard InChI is InChI=1S/C10H7F2N5O2/c11-5-1-4(10(18)19)7(2-6(5)12)16-17-8(3-13)9(14)15/h1-2,16H,(H3,14,15)(H,18,19)/b17-8+. The molecule has 0 bridgehead atoms. The Bertz CT molecular complexity index is 621. The minimum Gasteiger partial charge on any atom is -0.478 e. The van der Waals surface area contributed by atoms with Crippen LogP contribution in [0.2, 0.25) is 0 Å². The molecule has 0 aliphatic rings. The maximum Gasteiger partial charge on any atom is 0.337 e. The van der Waals surface area contributed by atoms with Gasteiger partial charge in [0.25, 0.3) is 0 Å². The Morgan fingerprint density at radius 2 is 2.05 bits per heavy atom. The first kappa shape index (κ1) is 14.0. The van der Waals surface area contributed by atoms with Gasteiger partial charge in [-0.05, 0) is 6.07 Å². The highest BCUT2D eigenvalue weighted by Crippen LogP contribution is 2.20. The lowest BCUT2D eigenvalue weighted by atomic mass is 10.1. The molecule has 0 aliphatic carbocycles. The third-order valence-corrected chi connectivity index (χ3v) is 1.94. The summed E-state index contributed by atoms with van der Waals surface area (Å²) in [7, 11) is 0. The first-order valence-corrected chi connectivity index (χ1v) is 4.67. The van der Waals surface area contributed by atoms with Gasteiger partial charge in [0.05, 0.1) is 11.3 Å². The molecule has 19 heavy (non-hydrogen) atoms. The quantitative estimate of drug-likeness (QED) is 0.365. The Balaban J connectivity index is 3.21.